The summed E-state index contributed by atoms with van der Waals surface area (Å²) in [6, 6.07) is 7.89. The Balaban J connectivity index is 2.14. The molecule has 0 bridgehead atoms. The van der Waals surface area contributed by atoms with Crippen LogP contribution >= 0.6 is 0 Å². The number of hydrogen-bond donors (Lipinski definition) is 1. The molecule has 1 aliphatic rings. The molecule has 0 saturated carbocycles. The Labute approximate surface area is 137 Å². The summed E-state index contributed by atoms with van der Waals surface area (Å²) >= 11 is 0. The van der Waals surface area contributed by atoms with Crippen molar-refractivity contribution in [2.24, 2.45) is 0 Å². The normalized spacial score (nSPS) is 14.4. The molecule has 1 aliphatic heterocycles. The molecule has 6 heteroatoms. The number of nitrogens with one attached hydrogen (secondary N) is 1. The summed E-state index contributed by atoms with van der Waals surface area (Å²) in [4.78, 5) is 27.4. The maximum Gasteiger partial charge on any atom is 0.223 e. The molecule has 2 amide bonds. The van der Waals surface area contributed by atoms with Gasteiger partial charge in [0, 0.05) is 39.5 Å². The van der Waals surface area contributed by atoms with Crippen LogP contribution in [-0.4, -0.2) is 51.2 Å². The lowest BCUT2D eigenvalue weighted by atomic mass is 10.2. The molecule has 1 saturated heterocycles. The Morgan fingerprint density at radius 3 is 2.61 bits per heavy atom. The van der Waals surface area contributed by atoms with Crippen LogP contribution in [0.4, 0.5) is 11.4 Å². The van der Waals surface area contributed by atoms with Gasteiger partial charge in [-0.2, -0.15) is 0 Å². The second-order valence-corrected chi connectivity index (χ2v) is 5.46. The summed E-state index contributed by atoms with van der Waals surface area (Å²) in [5.74, 6) is -0.0357. The molecule has 0 atom stereocenters. The SMILES string of the molecule is CCC(=O)NCCN(C(C)=O)c1ccccc1N1CCOCC1. The van der Waals surface area contributed by atoms with E-state index >= 15 is 0 Å². The van der Waals surface area contributed by atoms with Gasteiger partial charge in [-0.25, -0.2) is 0 Å². The zero-order valence-electron chi connectivity index (χ0n) is 13.9. The van der Waals surface area contributed by atoms with Crippen molar-refractivity contribution in [2.75, 3.05) is 49.2 Å². The van der Waals surface area contributed by atoms with Crippen molar-refractivity contribution in [1.82, 2.24) is 5.32 Å². The Kier molecular flexibility index (Phi) is 6.40. The van der Waals surface area contributed by atoms with Crippen molar-refractivity contribution in [2.45, 2.75) is 20.3 Å². The maximum atomic E-state index is 12.1. The van der Waals surface area contributed by atoms with Crippen molar-refractivity contribution in [3.63, 3.8) is 0 Å². The highest BCUT2D eigenvalue weighted by Gasteiger charge is 2.20. The van der Waals surface area contributed by atoms with Crippen LogP contribution in [0.3, 0.4) is 0 Å². The fourth-order valence-corrected chi connectivity index (χ4v) is 2.64. The van der Waals surface area contributed by atoms with Crippen molar-refractivity contribution in [1.29, 1.82) is 0 Å². The fourth-order valence-electron chi connectivity index (χ4n) is 2.64. The predicted molar refractivity (Wildman–Crippen MR) is 90.8 cm³/mol. The van der Waals surface area contributed by atoms with Gasteiger partial charge in [0.2, 0.25) is 11.8 Å². The molecule has 0 spiro atoms. The van der Waals surface area contributed by atoms with E-state index in [9.17, 15) is 9.59 Å². The molecule has 6 nitrogen and oxygen atoms in total. The minimum atomic E-state index is -0.0311. The lowest BCUT2D eigenvalue weighted by Crippen LogP contribution is -2.40. The largest absolute Gasteiger partial charge is 0.378 e. The number of anilines is 2. The van der Waals surface area contributed by atoms with Gasteiger partial charge in [-0.3, -0.25) is 9.59 Å². The van der Waals surface area contributed by atoms with Crippen LogP contribution in [-0.2, 0) is 14.3 Å². The quantitative estimate of drug-likeness (QED) is 0.861. The summed E-state index contributed by atoms with van der Waals surface area (Å²) in [6.45, 7) is 7.29. The summed E-state index contributed by atoms with van der Waals surface area (Å²) in [7, 11) is 0. The Hall–Kier alpha value is -2.08. The Morgan fingerprint density at radius 2 is 1.96 bits per heavy atom. The summed E-state index contributed by atoms with van der Waals surface area (Å²) < 4.78 is 5.40. The van der Waals surface area contributed by atoms with E-state index in [-0.39, 0.29) is 11.8 Å². The van der Waals surface area contributed by atoms with E-state index in [1.165, 1.54) is 0 Å². The number of benzene rings is 1. The first-order valence-corrected chi connectivity index (χ1v) is 8.10. The highest BCUT2D eigenvalue weighted by Crippen LogP contribution is 2.29. The number of carbonyl (C=O) groups excluding carboxylic acids is 2. The molecule has 1 heterocycles. The average molecular weight is 319 g/mol. The van der Waals surface area contributed by atoms with Gasteiger partial charge in [-0.15, -0.1) is 0 Å². The molecular weight excluding hydrogens is 294 g/mol. The lowest BCUT2D eigenvalue weighted by molar-refractivity contribution is -0.121. The number of nitrogens with zero attached hydrogens (tertiary/aromatic N) is 2. The number of amides is 2. The fraction of sp³-hybridized carbons (Fsp3) is 0.529. The van der Waals surface area contributed by atoms with E-state index in [1.807, 2.05) is 31.2 Å². The van der Waals surface area contributed by atoms with Gasteiger partial charge >= 0.3 is 0 Å². The minimum Gasteiger partial charge on any atom is -0.378 e. The molecule has 1 aromatic carbocycles. The number of carbonyl (C=O) groups is 2. The van der Waals surface area contributed by atoms with Crippen LogP contribution in [0.25, 0.3) is 0 Å². The number of hydrogen-bond acceptors (Lipinski definition) is 4. The zero-order chi connectivity index (χ0) is 16.7. The van der Waals surface area contributed by atoms with E-state index in [1.54, 1.807) is 11.8 Å². The van der Waals surface area contributed by atoms with Gasteiger partial charge in [0.05, 0.1) is 24.6 Å². The van der Waals surface area contributed by atoms with Crippen LogP contribution in [0.1, 0.15) is 20.3 Å². The first kappa shape index (κ1) is 17.3. The molecule has 0 unspecified atom stereocenters. The van der Waals surface area contributed by atoms with Crippen LogP contribution in [0.15, 0.2) is 24.3 Å². The molecule has 1 aromatic rings. The molecule has 126 valence electrons. The third kappa shape index (κ3) is 4.69. The summed E-state index contributed by atoms with van der Waals surface area (Å²) in [5, 5.41) is 2.82. The van der Waals surface area contributed by atoms with E-state index in [0.29, 0.717) is 32.7 Å². The van der Waals surface area contributed by atoms with Crippen molar-refractivity contribution < 1.29 is 14.3 Å². The van der Waals surface area contributed by atoms with E-state index in [0.717, 1.165) is 24.5 Å². The number of morpholine rings is 1. The van der Waals surface area contributed by atoms with Crippen LogP contribution in [0.5, 0.6) is 0 Å². The van der Waals surface area contributed by atoms with E-state index in [4.69, 9.17) is 4.74 Å². The molecular formula is C17H25N3O3. The molecule has 0 radical (unpaired) electrons. The number of ether oxygens (including phenoxy) is 1. The second-order valence-electron chi connectivity index (χ2n) is 5.46. The molecule has 1 fully saturated rings. The summed E-state index contributed by atoms with van der Waals surface area (Å²) in [5.41, 5.74) is 1.92. The third-order valence-electron chi connectivity index (χ3n) is 3.88. The highest BCUT2D eigenvalue weighted by molar-refractivity contribution is 5.95. The second kappa shape index (κ2) is 8.53. The third-order valence-corrected chi connectivity index (χ3v) is 3.88. The molecule has 0 aliphatic carbocycles. The van der Waals surface area contributed by atoms with Gasteiger partial charge < -0.3 is 19.9 Å². The van der Waals surface area contributed by atoms with Crippen molar-refractivity contribution >= 4 is 23.2 Å². The molecule has 23 heavy (non-hydrogen) atoms. The Bertz CT molecular complexity index is 542. The number of rotatable bonds is 6. The van der Waals surface area contributed by atoms with E-state index < -0.39 is 0 Å². The van der Waals surface area contributed by atoms with Crippen LogP contribution in [0.2, 0.25) is 0 Å². The predicted octanol–water partition coefficient (Wildman–Crippen LogP) is 1.40. The number of para-hydroxylation sites is 2. The highest BCUT2D eigenvalue weighted by atomic mass is 16.5. The first-order chi connectivity index (χ1) is 11.1. The minimum absolute atomic E-state index is 0.00466. The zero-order valence-corrected chi connectivity index (χ0v) is 13.9. The van der Waals surface area contributed by atoms with Gasteiger partial charge in [-0.05, 0) is 12.1 Å². The van der Waals surface area contributed by atoms with Crippen molar-refractivity contribution in [3.05, 3.63) is 24.3 Å². The topological polar surface area (TPSA) is 61.9 Å². The van der Waals surface area contributed by atoms with Gasteiger partial charge in [-0.1, -0.05) is 19.1 Å². The lowest BCUT2D eigenvalue weighted by Gasteiger charge is -2.33. The molecule has 0 aromatic heterocycles. The molecule has 2 rings (SSSR count). The first-order valence-electron chi connectivity index (χ1n) is 8.10. The summed E-state index contributed by atoms with van der Waals surface area (Å²) in [6.07, 6.45) is 0.449. The molecule has 1 N–H and O–H groups in total. The van der Waals surface area contributed by atoms with Gasteiger partial charge in [0.15, 0.2) is 0 Å². The van der Waals surface area contributed by atoms with Crippen molar-refractivity contribution in [3.8, 4) is 0 Å². The Morgan fingerprint density at radius 1 is 1.26 bits per heavy atom. The smallest absolute Gasteiger partial charge is 0.223 e. The maximum absolute atomic E-state index is 12.1. The monoisotopic (exact) mass is 319 g/mol. The van der Waals surface area contributed by atoms with Crippen LogP contribution < -0.4 is 15.1 Å². The van der Waals surface area contributed by atoms with Gasteiger partial charge in [0.25, 0.3) is 0 Å². The average Bonchev–Trinajstić information content (AvgIpc) is 2.59. The van der Waals surface area contributed by atoms with E-state index in [2.05, 4.69) is 10.2 Å². The van der Waals surface area contributed by atoms with Crippen LogP contribution in [0, 0.1) is 0 Å². The standard InChI is InChI=1S/C17H25N3O3/c1-3-17(22)18-8-9-20(14(2)21)16-7-5-4-6-15(16)19-10-12-23-13-11-19/h4-7H,3,8-13H2,1-2H3,(H,18,22). The van der Waals surface area contributed by atoms with Gasteiger partial charge in [0.1, 0.15) is 0 Å².